The number of benzene rings is 2. The van der Waals surface area contributed by atoms with E-state index in [4.69, 9.17) is 17.0 Å². The number of hydrogen-bond acceptors (Lipinski definition) is 3. The first-order valence-electron chi connectivity index (χ1n) is 7.55. The van der Waals surface area contributed by atoms with Crippen LogP contribution in [0.3, 0.4) is 0 Å². The van der Waals surface area contributed by atoms with Gasteiger partial charge in [0.15, 0.2) is 5.11 Å². The number of para-hydroxylation sites is 1. The van der Waals surface area contributed by atoms with E-state index in [9.17, 15) is 4.79 Å². The minimum absolute atomic E-state index is 0.482. The van der Waals surface area contributed by atoms with Crippen LogP contribution in [0.5, 0.6) is 0 Å². The Morgan fingerprint density at radius 2 is 1.29 bits per heavy atom. The molecule has 6 heteroatoms. The van der Waals surface area contributed by atoms with Crippen molar-refractivity contribution in [2.45, 2.75) is 26.4 Å². The zero-order valence-electron chi connectivity index (χ0n) is 13.9. The predicted octanol–water partition coefficient (Wildman–Crippen LogP) is 4.84. The van der Waals surface area contributed by atoms with E-state index in [1.165, 1.54) is 0 Å². The number of amides is 1. The molecule has 0 spiro atoms. The molecule has 126 valence electrons. The molecule has 0 aliphatic rings. The highest BCUT2D eigenvalue weighted by Gasteiger charge is 2.16. The third-order valence-electron chi connectivity index (χ3n) is 2.82. The van der Waals surface area contributed by atoms with Gasteiger partial charge < -0.3 is 15.4 Å². The lowest BCUT2D eigenvalue weighted by atomic mass is 10.2. The van der Waals surface area contributed by atoms with Crippen molar-refractivity contribution >= 4 is 40.5 Å². The molecule has 2 aromatic rings. The van der Waals surface area contributed by atoms with Crippen LogP contribution in [0.2, 0.25) is 0 Å². The van der Waals surface area contributed by atoms with Crippen molar-refractivity contribution in [1.29, 1.82) is 0 Å². The average Bonchev–Trinajstić information content (AvgIpc) is 2.48. The smallest absolute Gasteiger partial charge is 0.412 e. The summed E-state index contributed by atoms with van der Waals surface area (Å²) < 4.78 is 5.21. The summed E-state index contributed by atoms with van der Waals surface area (Å²) in [6.45, 7) is 5.46. The Bertz CT molecular complexity index is 694. The molecule has 0 heterocycles. The number of thiocarbonyl (C=S) groups is 1. The monoisotopic (exact) mass is 343 g/mol. The molecule has 0 atom stereocenters. The second-order valence-electron chi connectivity index (χ2n) is 6.15. The number of ether oxygens (including phenoxy) is 1. The SMILES string of the molecule is CC(C)(C)OC(=O)Nc1ccc(NC(=S)Nc2ccccc2)cc1. The molecule has 0 radical (unpaired) electrons. The summed E-state index contributed by atoms with van der Waals surface area (Å²) in [6.07, 6.45) is -0.482. The molecule has 3 N–H and O–H groups in total. The summed E-state index contributed by atoms with van der Waals surface area (Å²) in [5.74, 6) is 0. The fraction of sp³-hybridized carbons (Fsp3) is 0.222. The normalized spacial score (nSPS) is 10.6. The van der Waals surface area contributed by atoms with Crippen molar-refractivity contribution in [2.75, 3.05) is 16.0 Å². The third-order valence-corrected chi connectivity index (χ3v) is 3.02. The Labute approximate surface area is 147 Å². The molecule has 2 rings (SSSR count). The average molecular weight is 343 g/mol. The summed E-state index contributed by atoms with van der Waals surface area (Å²) in [5.41, 5.74) is 1.86. The minimum atomic E-state index is -0.527. The fourth-order valence-corrected chi connectivity index (χ4v) is 2.11. The molecule has 0 saturated carbocycles. The molecular formula is C18H21N3O2S. The van der Waals surface area contributed by atoms with E-state index < -0.39 is 11.7 Å². The number of hydrogen-bond donors (Lipinski definition) is 3. The maximum Gasteiger partial charge on any atom is 0.412 e. The maximum atomic E-state index is 11.7. The van der Waals surface area contributed by atoms with E-state index >= 15 is 0 Å². The molecule has 0 aliphatic heterocycles. The third kappa shape index (κ3) is 6.26. The zero-order chi connectivity index (χ0) is 17.6. The lowest BCUT2D eigenvalue weighted by Gasteiger charge is -2.19. The Hall–Kier alpha value is -2.60. The van der Waals surface area contributed by atoms with Crippen LogP contribution in [0.25, 0.3) is 0 Å². The van der Waals surface area contributed by atoms with Crippen molar-refractivity contribution in [3.63, 3.8) is 0 Å². The first-order valence-corrected chi connectivity index (χ1v) is 7.96. The second-order valence-corrected chi connectivity index (χ2v) is 6.56. The van der Waals surface area contributed by atoms with E-state index in [2.05, 4.69) is 16.0 Å². The van der Waals surface area contributed by atoms with Crippen LogP contribution in [0.1, 0.15) is 20.8 Å². The van der Waals surface area contributed by atoms with Gasteiger partial charge in [0.25, 0.3) is 0 Å². The molecule has 0 aliphatic carbocycles. The van der Waals surface area contributed by atoms with E-state index in [0.717, 1.165) is 11.4 Å². The summed E-state index contributed by atoms with van der Waals surface area (Å²) in [4.78, 5) is 11.7. The standard InChI is InChI=1S/C18H21N3O2S/c1-18(2,3)23-17(22)21-15-11-9-14(10-12-15)20-16(24)19-13-7-5-4-6-8-13/h4-12H,1-3H3,(H,21,22)(H2,19,20,24). The molecule has 0 bridgehead atoms. The molecular weight excluding hydrogens is 322 g/mol. The van der Waals surface area contributed by atoms with Gasteiger partial charge in [-0.05, 0) is 69.4 Å². The Morgan fingerprint density at radius 1 is 0.833 bits per heavy atom. The van der Waals surface area contributed by atoms with Gasteiger partial charge in [0.1, 0.15) is 5.60 Å². The van der Waals surface area contributed by atoms with Crippen LogP contribution in [-0.4, -0.2) is 16.8 Å². The van der Waals surface area contributed by atoms with Crippen LogP contribution < -0.4 is 16.0 Å². The van der Waals surface area contributed by atoms with Crippen molar-refractivity contribution in [1.82, 2.24) is 0 Å². The number of carbonyl (C=O) groups excluding carboxylic acids is 1. The fourth-order valence-electron chi connectivity index (χ4n) is 1.87. The van der Waals surface area contributed by atoms with Gasteiger partial charge in [0.05, 0.1) is 0 Å². The quantitative estimate of drug-likeness (QED) is 0.696. The van der Waals surface area contributed by atoms with Crippen LogP contribution in [0.15, 0.2) is 54.6 Å². The van der Waals surface area contributed by atoms with Gasteiger partial charge in [-0.2, -0.15) is 0 Å². The van der Waals surface area contributed by atoms with Crippen molar-refractivity contribution in [3.05, 3.63) is 54.6 Å². The van der Waals surface area contributed by atoms with Gasteiger partial charge in [-0.3, -0.25) is 5.32 Å². The number of nitrogens with one attached hydrogen (secondary N) is 3. The molecule has 0 saturated heterocycles. The summed E-state index contributed by atoms with van der Waals surface area (Å²) in [5, 5.41) is 9.36. The lowest BCUT2D eigenvalue weighted by Crippen LogP contribution is -2.27. The van der Waals surface area contributed by atoms with Crippen LogP contribution in [0.4, 0.5) is 21.9 Å². The van der Waals surface area contributed by atoms with Crippen molar-refractivity contribution < 1.29 is 9.53 Å². The Morgan fingerprint density at radius 3 is 1.79 bits per heavy atom. The topological polar surface area (TPSA) is 62.4 Å². The van der Waals surface area contributed by atoms with Crippen LogP contribution in [0, 0.1) is 0 Å². The van der Waals surface area contributed by atoms with Crippen LogP contribution >= 0.6 is 12.2 Å². The van der Waals surface area contributed by atoms with Gasteiger partial charge in [0.2, 0.25) is 0 Å². The van der Waals surface area contributed by atoms with Gasteiger partial charge >= 0.3 is 6.09 Å². The predicted molar refractivity (Wildman–Crippen MR) is 103 cm³/mol. The summed E-state index contributed by atoms with van der Waals surface area (Å²) >= 11 is 5.27. The highest BCUT2D eigenvalue weighted by Crippen LogP contribution is 2.16. The van der Waals surface area contributed by atoms with Crippen LogP contribution in [-0.2, 0) is 4.74 Å². The van der Waals surface area contributed by atoms with Crippen molar-refractivity contribution in [2.24, 2.45) is 0 Å². The number of carbonyl (C=O) groups is 1. The summed E-state index contributed by atoms with van der Waals surface area (Å²) in [6, 6.07) is 16.9. The van der Waals surface area contributed by atoms with Gasteiger partial charge in [-0.1, -0.05) is 18.2 Å². The first kappa shape index (κ1) is 17.7. The second kappa shape index (κ2) is 7.79. The maximum absolute atomic E-state index is 11.7. The molecule has 0 aromatic heterocycles. The van der Waals surface area contributed by atoms with E-state index in [0.29, 0.717) is 10.8 Å². The largest absolute Gasteiger partial charge is 0.444 e. The molecule has 5 nitrogen and oxygen atoms in total. The molecule has 1 amide bonds. The van der Waals surface area contributed by atoms with E-state index in [-0.39, 0.29) is 0 Å². The zero-order valence-corrected chi connectivity index (χ0v) is 14.7. The molecule has 0 fully saturated rings. The van der Waals surface area contributed by atoms with E-state index in [1.54, 1.807) is 12.1 Å². The Balaban J connectivity index is 1.87. The van der Waals surface area contributed by atoms with Crippen molar-refractivity contribution in [3.8, 4) is 0 Å². The van der Waals surface area contributed by atoms with Gasteiger partial charge in [-0.25, -0.2) is 4.79 Å². The number of rotatable bonds is 3. The van der Waals surface area contributed by atoms with Gasteiger partial charge in [0, 0.05) is 17.1 Å². The highest BCUT2D eigenvalue weighted by molar-refractivity contribution is 7.80. The molecule has 0 unspecified atom stereocenters. The molecule has 24 heavy (non-hydrogen) atoms. The van der Waals surface area contributed by atoms with E-state index in [1.807, 2.05) is 63.2 Å². The first-order chi connectivity index (χ1) is 11.3. The lowest BCUT2D eigenvalue weighted by molar-refractivity contribution is 0.0636. The minimum Gasteiger partial charge on any atom is -0.444 e. The van der Waals surface area contributed by atoms with Gasteiger partial charge in [-0.15, -0.1) is 0 Å². The Kier molecular flexibility index (Phi) is 5.76. The highest BCUT2D eigenvalue weighted by atomic mass is 32.1. The molecule has 2 aromatic carbocycles. The number of anilines is 3. The summed E-state index contributed by atoms with van der Waals surface area (Å²) in [7, 11) is 0.